The van der Waals surface area contributed by atoms with Crippen molar-refractivity contribution in [3.8, 4) is 0 Å². The Hall–Kier alpha value is -0.646. The summed E-state index contributed by atoms with van der Waals surface area (Å²) in [5.74, 6) is -1.87. The SMILES string of the molecule is CCOC(C)OC(C)(C)C(F)(F)CC[C@@H](C)[C@H]1CC[C@H]2C(C=CC3=C(C)[C@H](O[Si](C)(C)C(C)(C)C)C[C@@H](O[Si](C)(C)C(C)(C)C)C3)=CCC[C@]12C. The Morgan fingerprint density at radius 3 is 2.08 bits per heavy atom. The van der Waals surface area contributed by atoms with Crippen LogP contribution in [0.5, 0.6) is 0 Å². The molecule has 0 aromatic carbocycles. The number of fused-ring (bicyclic) bond motifs is 1. The van der Waals surface area contributed by atoms with Crippen LogP contribution in [0.25, 0.3) is 0 Å². The maximum atomic E-state index is 15.6. The number of ether oxygens (including phenoxy) is 2. The van der Waals surface area contributed by atoms with Gasteiger partial charge in [-0.1, -0.05) is 73.6 Å². The minimum absolute atomic E-state index is 0.0623. The Labute approximate surface area is 315 Å². The van der Waals surface area contributed by atoms with Gasteiger partial charge in [0.25, 0.3) is 5.92 Å². The van der Waals surface area contributed by atoms with Gasteiger partial charge in [0.15, 0.2) is 22.9 Å². The van der Waals surface area contributed by atoms with Crippen molar-refractivity contribution < 1.29 is 27.1 Å². The summed E-state index contributed by atoms with van der Waals surface area (Å²) < 4.78 is 56.5. The van der Waals surface area contributed by atoms with Crippen molar-refractivity contribution >= 4 is 16.6 Å². The van der Waals surface area contributed by atoms with E-state index >= 15 is 8.78 Å². The van der Waals surface area contributed by atoms with Crippen LogP contribution < -0.4 is 0 Å². The Kier molecular flexibility index (Phi) is 14.2. The third-order valence-corrected chi connectivity index (χ3v) is 23.1. The maximum Gasteiger partial charge on any atom is 0.276 e. The van der Waals surface area contributed by atoms with Gasteiger partial charge in [0.05, 0.1) is 12.2 Å². The summed E-state index contributed by atoms with van der Waals surface area (Å²) in [7, 11) is -3.98. The van der Waals surface area contributed by atoms with Crippen LogP contribution in [0.3, 0.4) is 0 Å². The molecule has 0 aliphatic heterocycles. The molecule has 1 fully saturated rings. The Bertz CT molecular complexity index is 1270. The molecule has 0 saturated heterocycles. The quantitative estimate of drug-likeness (QED) is 0.123. The van der Waals surface area contributed by atoms with Crippen molar-refractivity contribution in [3.63, 3.8) is 0 Å². The van der Waals surface area contributed by atoms with Crippen molar-refractivity contribution in [2.24, 2.45) is 23.2 Å². The highest BCUT2D eigenvalue weighted by atomic mass is 28.4. The molecule has 3 rings (SSSR count). The molecule has 1 saturated carbocycles. The second kappa shape index (κ2) is 16.2. The summed E-state index contributed by atoms with van der Waals surface area (Å²) in [6.07, 6.45) is 13.3. The van der Waals surface area contributed by atoms with Crippen LogP contribution in [0.4, 0.5) is 8.78 Å². The molecule has 7 atom stereocenters. The van der Waals surface area contributed by atoms with Crippen LogP contribution in [0.1, 0.15) is 141 Å². The molecule has 3 aliphatic rings. The fraction of sp³-hybridized carbons (Fsp3) is 0.860. The lowest BCUT2D eigenvalue weighted by Gasteiger charge is -2.45. The lowest BCUT2D eigenvalue weighted by molar-refractivity contribution is -0.264. The molecule has 4 nitrogen and oxygen atoms in total. The van der Waals surface area contributed by atoms with Gasteiger partial charge >= 0.3 is 0 Å². The van der Waals surface area contributed by atoms with Gasteiger partial charge in [-0.15, -0.1) is 0 Å². The topological polar surface area (TPSA) is 36.9 Å². The van der Waals surface area contributed by atoms with Gasteiger partial charge in [0.2, 0.25) is 0 Å². The fourth-order valence-electron chi connectivity index (χ4n) is 8.52. The van der Waals surface area contributed by atoms with E-state index in [-0.39, 0.29) is 40.0 Å². The highest BCUT2D eigenvalue weighted by molar-refractivity contribution is 6.74. The van der Waals surface area contributed by atoms with Gasteiger partial charge in [-0.05, 0) is 149 Å². The van der Waals surface area contributed by atoms with E-state index in [1.54, 1.807) is 6.92 Å². The van der Waals surface area contributed by atoms with Crippen LogP contribution in [-0.2, 0) is 18.3 Å². The number of rotatable bonds is 15. The number of alkyl halides is 2. The highest BCUT2D eigenvalue weighted by Crippen LogP contribution is 2.59. The number of hydrogen-bond acceptors (Lipinski definition) is 4. The van der Waals surface area contributed by atoms with Crippen molar-refractivity contribution in [2.75, 3.05) is 6.61 Å². The zero-order valence-corrected chi connectivity index (χ0v) is 37.9. The van der Waals surface area contributed by atoms with E-state index in [2.05, 4.69) is 107 Å². The third kappa shape index (κ3) is 10.4. The first-order chi connectivity index (χ1) is 23.1. The largest absolute Gasteiger partial charge is 0.413 e. The van der Waals surface area contributed by atoms with E-state index in [4.69, 9.17) is 18.3 Å². The summed E-state index contributed by atoms with van der Waals surface area (Å²) in [5, 5.41) is 0.274. The Morgan fingerprint density at radius 1 is 0.922 bits per heavy atom. The van der Waals surface area contributed by atoms with Gasteiger partial charge in [0, 0.05) is 19.4 Å². The monoisotopic (exact) mass is 753 g/mol. The number of halogens is 2. The zero-order chi connectivity index (χ0) is 39.0. The van der Waals surface area contributed by atoms with E-state index < -0.39 is 34.4 Å². The summed E-state index contributed by atoms with van der Waals surface area (Å²) in [6, 6.07) is 0. The molecule has 3 aliphatic carbocycles. The number of hydrogen-bond donors (Lipinski definition) is 0. The van der Waals surface area contributed by atoms with E-state index in [1.807, 2.05) is 6.92 Å². The normalized spacial score (nSPS) is 28.6. The molecule has 8 heteroatoms. The van der Waals surface area contributed by atoms with E-state index in [1.165, 1.54) is 30.6 Å². The second-order valence-electron chi connectivity index (χ2n) is 20.2. The summed E-state index contributed by atoms with van der Waals surface area (Å²) in [4.78, 5) is 0. The first-order valence-corrected chi connectivity index (χ1v) is 26.0. The summed E-state index contributed by atoms with van der Waals surface area (Å²) in [6.45, 7) is 37.3. The van der Waals surface area contributed by atoms with Crippen LogP contribution in [0.15, 0.2) is 34.9 Å². The first kappa shape index (κ1) is 44.7. The molecule has 0 bridgehead atoms. The van der Waals surface area contributed by atoms with Gasteiger partial charge < -0.3 is 18.3 Å². The van der Waals surface area contributed by atoms with Gasteiger partial charge in [0.1, 0.15) is 5.60 Å². The molecule has 0 spiro atoms. The first-order valence-electron chi connectivity index (χ1n) is 20.2. The standard InChI is InChI=1S/C43H78F2O4Si2/c1-18-46-32(4)47-41(11,12)43(44,45)27-25-30(2)36-23-24-37-33(20-19-26-42(36,37)13)21-22-34-28-35(48-50(14,15)39(5,6)7)29-38(31(34)3)49-51(16,17)40(8,9)10/h20-22,30,32,35-38H,18-19,23-29H2,1-17H3/t30-,32?,35+,36-,37+,38-,42-/m1/s1. The molecule has 1 unspecified atom stereocenters. The zero-order valence-electron chi connectivity index (χ0n) is 35.9. The fourth-order valence-corrected chi connectivity index (χ4v) is 11.2. The molecule has 296 valence electrons. The number of allylic oxidation sites excluding steroid dienone is 4. The minimum atomic E-state index is -2.95. The smallest absolute Gasteiger partial charge is 0.276 e. The minimum Gasteiger partial charge on any atom is -0.413 e. The van der Waals surface area contributed by atoms with E-state index in [9.17, 15) is 0 Å². The Balaban J connectivity index is 1.81. The van der Waals surface area contributed by atoms with Crippen molar-refractivity contribution in [1.82, 2.24) is 0 Å². The van der Waals surface area contributed by atoms with Crippen molar-refractivity contribution in [2.45, 2.75) is 208 Å². The van der Waals surface area contributed by atoms with Crippen molar-refractivity contribution in [3.05, 3.63) is 34.9 Å². The van der Waals surface area contributed by atoms with E-state index in [0.29, 0.717) is 24.9 Å². The summed E-state index contributed by atoms with van der Waals surface area (Å²) >= 11 is 0. The van der Waals surface area contributed by atoms with Crippen LogP contribution in [0.2, 0.25) is 36.3 Å². The third-order valence-electron chi connectivity index (χ3n) is 14.1. The predicted molar refractivity (Wildman–Crippen MR) is 216 cm³/mol. The predicted octanol–water partition coefficient (Wildman–Crippen LogP) is 13.4. The molecule has 0 aromatic rings. The second-order valence-corrected chi connectivity index (χ2v) is 29.7. The highest BCUT2D eigenvalue weighted by Gasteiger charge is 2.52. The van der Waals surface area contributed by atoms with E-state index in [0.717, 1.165) is 38.5 Å². The van der Waals surface area contributed by atoms with Gasteiger partial charge in [-0.2, -0.15) is 0 Å². The van der Waals surface area contributed by atoms with Crippen LogP contribution >= 0.6 is 0 Å². The van der Waals surface area contributed by atoms with Crippen LogP contribution in [0, 0.1) is 23.2 Å². The molecule has 0 heterocycles. The molecule has 51 heavy (non-hydrogen) atoms. The lowest BCUT2D eigenvalue weighted by atomic mass is 9.62. The average molecular weight is 753 g/mol. The van der Waals surface area contributed by atoms with Gasteiger partial charge in [-0.25, -0.2) is 8.78 Å². The lowest BCUT2D eigenvalue weighted by Crippen LogP contribution is -2.49. The Morgan fingerprint density at radius 2 is 1.51 bits per heavy atom. The van der Waals surface area contributed by atoms with Crippen molar-refractivity contribution in [1.29, 1.82) is 0 Å². The van der Waals surface area contributed by atoms with Crippen LogP contribution in [-0.4, -0.2) is 53.3 Å². The molecule has 0 amide bonds. The molecular weight excluding hydrogens is 675 g/mol. The maximum absolute atomic E-state index is 15.6. The molecular formula is C43H78F2O4Si2. The molecule has 0 aromatic heterocycles. The molecule has 0 N–H and O–H groups in total. The molecule has 0 radical (unpaired) electrons. The average Bonchev–Trinajstić information content (AvgIpc) is 3.32. The van der Waals surface area contributed by atoms with Gasteiger partial charge in [-0.3, -0.25) is 0 Å². The summed E-state index contributed by atoms with van der Waals surface area (Å²) in [5.41, 5.74) is 2.65.